The summed E-state index contributed by atoms with van der Waals surface area (Å²) in [5.41, 5.74) is 2.87. The SMILES string of the molecule is COc1ccc(Br)c(CNc2cc(C(=O)O)ccc2C)c1OC. The zero-order valence-electron chi connectivity index (χ0n) is 13.1. The van der Waals surface area contributed by atoms with E-state index in [0.29, 0.717) is 18.0 Å². The number of aromatic carboxylic acids is 1. The predicted molar refractivity (Wildman–Crippen MR) is 92.7 cm³/mol. The number of benzene rings is 2. The van der Waals surface area contributed by atoms with Crippen molar-refractivity contribution in [1.82, 2.24) is 0 Å². The van der Waals surface area contributed by atoms with Crippen molar-refractivity contribution < 1.29 is 19.4 Å². The van der Waals surface area contributed by atoms with Crippen LogP contribution >= 0.6 is 15.9 Å². The van der Waals surface area contributed by atoms with Crippen LogP contribution in [0.1, 0.15) is 21.5 Å². The smallest absolute Gasteiger partial charge is 0.335 e. The van der Waals surface area contributed by atoms with Crippen molar-refractivity contribution in [2.45, 2.75) is 13.5 Å². The number of ether oxygens (including phenoxy) is 2. The second-order valence-electron chi connectivity index (χ2n) is 4.95. The van der Waals surface area contributed by atoms with Crippen molar-refractivity contribution in [1.29, 1.82) is 0 Å². The second kappa shape index (κ2) is 7.37. The summed E-state index contributed by atoms with van der Waals surface area (Å²) in [4.78, 5) is 11.1. The van der Waals surface area contributed by atoms with Crippen LogP contribution in [0, 0.1) is 6.92 Å². The van der Waals surface area contributed by atoms with Crippen molar-refractivity contribution >= 4 is 27.6 Å². The van der Waals surface area contributed by atoms with Crippen LogP contribution < -0.4 is 14.8 Å². The number of carboxylic acid groups (broad SMARTS) is 1. The lowest BCUT2D eigenvalue weighted by Gasteiger charge is -2.16. The number of methoxy groups -OCH3 is 2. The number of hydrogen-bond donors (Lipinski definition) is 2. The van der Waals surface area contributed by atoms with Gasteiger partial charge in [-0.1, -0.05) is 22.0 Å². The summed E-state index contributed by atoms with van der Waals surface area (Å²) in [5, 5.41) is 12.4. The van der Waals surface area contributed by atoms with E-state index >= 15 is 0 Å². The van der Waals surface area contributed by atoms with E-state index in [-0.39, 0.29) is 5.56 Å². The summed E-state index contributed by atoms with van der Waals surface area (Å²) in [6.45, 7) is 2.39. The quantitative estimate of drug-likeness (QED) is 0.790. The number of nitrogens with one attached hydrogen (secondary N) is 1. The van der Waals surface area contributed by atoms with Gasteiger partial charge >= 0.3 is 5.97 Å². The van der Waals surface area contributed by atoms with Gasteiger partial charge in [-0.25, -0.2) is 4.79 Å². The van der Waals surface area contributed by atoms with Crippen molar-refractivity contribution in [3.05, 3.63) is 51.5 Å². The van der Waals surface area contributed by atoms with Gasteiger partial charge in [0.1, 0.15) is 0 Å². The Kier molecular flexibility index (Phi) is 5.50. The molecule has 0 radical (unpaired) electrons. The fourth-order valence-corrected chi connectivity index (χ4v) is 2.71. The molecule has 0 fully saturated rings. The lowest BCUT2D eigenvalue weighted by Crippen LogP contribution is -2.06. The van der Waals surface area contributed by atoms with Gasteiger partial charge in [-0.05, 0) is 36.8 Å². The Bertz CT molecular complexity index is 731. The molecule has 122 valence electrons. The van der Waals surface area contributed by atoms with Gasteiger partial charge in [-0.2, -0.15) is 0 Å². The molecule has 6 heteroatoms. The average molecular weight is 380 g/mol. The van der Waals surface area contributed by atoms with Gasteiger partial charge in [-0.3, -0.25) is 0 Å². The van der Waals surface area contributed by atoms with E-state index in [1.54, 1.807) is 32.4 Å². The van der Waals surface area contributed by atoms with Crippen molar-refractivity contribution in [2.75, 3.05) is 19.5 Å². The fourth-order valence-electron chi connectivity index (χ4n) is 2.26. The first-order valence-electron chi connectivity index (χ1n) is 6.95. The largest absolute Gasteiger partial charge is 0.493 e. The third-order valence-electron chi connectivity index (χ3n) is 3.53. The number of halogens is 1. The molecular formula is C17H18BrNO4. The van der Waals surface area contributed by atoms with Crippen molar-refractivity contribution in [3.63, 3.8) is 0 Å². The number of hydrogen-bond acceptors (Lipinski definition) is 4. The van der Waals surface area contributed by atoms with E-state index in [2.05, 4.69) is 21.2 Å². The normalized spacial score (nSPS) is 10.3. The van der Waals surface area contributed by atoms with Crippen LogP contribution in [0.4, 0.5) is 5.69 Å². The summed E-state index contributed by atoms with van der Waals surface area (Å²) >= 11 is 3.51. The van der Waals surface area contributed by atoms with Gasteiger partial charge in [-0.15, -0.1) is 0 Å². The molecule has 2 rings (SSSR count). The molecular weight excluding hydrogens is 362 g/mol. The third kappa shape index (κ3) is 3.76. The van der Waals surface area contributed by atoms with Crippen molar-refractivity contribution in [2.24, 2.45) is 0 Å². The molecule has 0 atom stereocenters. The fraction of sp³-hybridized carbons (Fsp3) is 0.235. The summed E-state index contributed by atoms with van der Waals surface area (Å²) in [6, 6.07) is 8.70. The highest BCUT2D eigenvalue weighted by Gasteiger charge is 2.14. The van der Waals surface area contributed by atoms with Crippen LogP contribution in [-0.4, -0.2) is 25.3 Å². The Balaban J connectivity index is 2.31. The second-order valence-corrected chi connectivity index (χ2v) is 5.80. The number of carbonyl (C=O) groups is 1. The molecule has 2 N–H and O–H groups in total. The molecule has 5 nitrogen and oxygen atoms in total. The molecule has 0 saturated carbocycles. The first kappa shape index (κ1) is 17.1. The highest BCUT2D eigenvalue weighted by atomic mass is 79.9. The zero-order valence-corrected chi connectivity index (χ0v) is 14.7. The maximum Gasteiger partial charge on any atom is 0.335 e. The molecule has 0 bridgehead atoms. The highest BCUT2D eigenvalue weighted by Crippen LogP contribution is 2.36. The molecule has 2 aromatic rings. The Morgan fingerprint density at radius 3 is 2.57 bits per heavy atom. The van der Waals surface area contributed by atoms with E-state index in [0.717, 1.165) is 21.3 Å². The van der Waals surface area contributed by atoms with Gasteiger partial charge < -0.3 is 19.9 Å². The minimum absolute atomic E-state index is 0.245. The molecule has 0 heterocycles. The molecule has 0 spiro atoms. The van der Waals surface area contributed by atoms with Crippen LogP contribution in [0.3, 0.4) is 0 Å². The summed E-state index contributed by atoms with van der Waals surface area (Å²) in [7, 11) is 3.17. The highest BCUT2D eigenvalue weighted by molar-refractivity contribution is 9.10. The first-order chi connectivity index (χ1) is 11.0. The van der Waals surface area contributed by atoms with Gasteiger partial charge in [0.25, 0.3) is 0 Å². The lowest BCUT2D eigenvalue weighted by atomic mass is 10.1. The Morgan fingerprint density at radius 1 is 1.22 bits per heavy atom. The molecule has 2 aromatic carbocycles. The zero-order chi connectivity index (χ0) is 17.0. The Labute approximate surface area is 143 Å². The molecule has 0 amide bonds. The summed E-state index contributed by atoms with van der Waals surface area (Å²) in [5.74, 6) is 0.332. The topological polar surface area (TPSA) is 67.8 Å². The third-order valence-corrected chi connectivity index (χ3v) is 4.27. The van der Waals surface area contributed by atoms with E-state index in [9.17, 15) is 4.79 Å². The summed E-state index contributed by atoms with van der Waals surface area (Å²) < 4.78 is 11.6. The first-order valence-corrected chi connectivity index (χ1v) is 7.74. The van der Waals surface area contributed by atoms with Crippen LogP contribution in [0.5, 0.6) is 11.5 Å². The van der Waals surface area contributed by atoms with Crippen LogP contribution in [0.15, 0.2) is 34.8 Å². The van der Waals surface area contributed by atoms with E-state index in [1.165, 1.54) is 0 Å². The molecule has 0 aliphatic heterocycles. The Morgan fingerprint density at radius 2 is 1.96 bits per heavy atom. The number of rotatable bonds is 6. The van der Waals surface area contributed by atoms with E-state index in [4.69, 9.17) is 14.6 Å². The maximum absolute atomic E-state index is 11.1. The predicted octanol–water partition coefficient (Wildman–Crippen LogP) is 4.09. The van der Waals surface area contributed by atoms with E-state index < -0.39 is 5.97 Å². The van der Waals surface area contributed by atoms with E-state index in [1.807, 2.05) is 19.1 Å². The molecule has 0 aromatic heterocycles. The van der Waals surface area contributed by atoms with Gasteiger partial charge in [0.05, 0.1) is 19.8 Å². The lowest BCUT2D eigenvalue weighted by molar-refractivity contribution is 0.0697. The van der Waals surface area contributed by atoms with Crippen LogP contribution in [-0.2, 0) is 6.54 Å². The minimum atomic E-state index is -0.951. The molecule has 0 aliphatic rings. The molecule has 0 saturated heterocycles. The van der Waals surface area contributed by atoms with Crippen LogP contribution in [0.2, 0.25) is 0 Å². The van der Waals surface area contributed by atoms with Gasteiger partial charge in [0.2, 0.25) is 0 Å². The maximum atomic E-state index is 11.1. The Hall–Kier alpha value is -2.21. The minimum Gasteiger partial charge on any atom is -0.493 e. The number of aryl methyl sites for hydroxylation is 1. The van der Waals surface area contributed by atoms with Gasteiger partial charge in [0, 0.05) is 22.3 Å². The monoisotopic (exact) mass is 379 g/mol. The van der Waals surface area contributed by atoms with Crippen LogP contribution in [0.25, 0.3) is 0 Å². The average Bonchev–Trinajstić information content (AvgIpc) is 2.54. The standard InChI is InChI=1S/C17H18BrNO4/c1-10-4-5-11(17(20)21)8-14(10)19-9-12-13(18)6-7-15(22-2)16(12)23-3/h4-8,19H,9H2,1-3H3,(H,20,21). The molecule has 0 unspecified atom stereocenters. The number of anilines is 1. The number of carboxylic acids is 1. The summed E-state index contributed by atoms with van der Waals surface area (Å²) in [6.07, 6.45) is 0. The van der Waals surface area contributed by atoms with Gasteiger partial charge in [0.15, 0.2) is 11.5 Å². The molecule has 0 aliphatic carbocycles. The van der Waals surface area contributed by atoms with Crippen molar-refractivity contribution in [3.8, 4) is 11.5 Å². The molecule has 23 heavy (non-hydrogen) atoms.